The van der Waals surface area contributed by atoms with E-state index in [1.54, 1.807) is 13.3 Å². The first kappa shape index (κ1) is 14.5. The zero-order chi connectivity index (χ0) is 15.4. The van der Waals surface area contributed by atoms with Crippen molar-refractivity contribution in [3.63, 3.8) is 0 Å². The van der Waals surface area contributed by atoms with Crippen LogP contribution in [0.3, 0.4) is 0 Å². The maximum Gasteiger partial charge on any atom is 0.218 e. The highest BCUT2D eigenvalue weighted by Gasteiger charge is 2.07. The van der Waals surface area contributed by atoms with E-state index < -0.39 is 0 Å². The second-order valence-electron chi connectivity index (χ2n) is 5.32. The summed E-state index contributed by atoms with van der Waals surface area (Å²) in [7, 11) is 1.66. The maximum absolute atomic E-state index is 5.42. The van der Waals surface area contributed by atoms with Gasteiger partial charge in [0.2, 0.25) is 5.88 Å². The number of aryl methyl sites for hydroxylation is 1. The molecule has 4 heteroatoms. The van der Waals surface area contributed by atoms with Crippen molar-refractivity contribution in [2.24, 2.45) is 0 Å². The second kappa shape index (κ2) is 6.54. The van der Waals surface area contributed by atoms with Crippen LogP contribution in [0.2, 0.25) is 0 Å². The van der Waals surface area contributed by atoms with Crippen molar-refractivity contribution in [3.8, 4) is 5.88 Å². The molecule has 2 aromatic heterocycles. The van der Waals surface area contributed by atoms with E-state index in [-0.39, 0.29) is 0 Å². The molecular formula is C18H19N3O. The Bertz CT molecular complexity index is 772. The standard InChI is InChI=1S/C18H19N3O/c1-13-5-6-17-15(8-13)9-16(18(21-17)22-2)12-20-11-14-4-3-7-19-10-14/h3-10,20H,11-12H2,1-2H3. The summed E-state index contributed by atoms with van der Waals surface area (Å²) in [6.45, 7) is 3.56. The van der Waals surface area contributed by atoms with Crippen LogP contribution in [0.1, 0.15) is 16.7 Å². The van der Waals surface area contributed by atoms with E-state index in [9.17, 15) is 0 Å². The molecule has 0 aliphatic carbocycles. The Morgan fingerprint density at radius 3 is 2.82 bits per heavy atom. The van der Waals surface area contributed by atoms with Gasteiger partial charge in [-0.3, -0.25) is 4.98 Å². The first-order valence-electron chi connectivity index (χ1n) is 7.30. The van der Waals surface area contributed by atoms with Crippen molar-refractivity contribution in [3.05, 3.63) is 65.5 Å². The molecule has 0 fully saturated rings. The molecule has 1 aromatic carbocycles. The van der Waals surface area contributed by atoms with Crippen LogP contribution in [-0.2, 0) is 13.1 Å². The molecule has 22 heavy (non-hydrogen) atoms. The first-order valence-corrected chi connectivity index (χ1v) is 7.30. The number of pyridine rings is 2. The lowest BCUT2D eigenvalue weighted by molar-refractivity contribution is 0.392. The number of ether oxygens (including phenoxy) is 1. The van der Waals surface area contributed by atoms with Gasteiger partial charge < -0.3 is 10.1 Å². The number of nitrogens with one attached hydrogen (secondary N) is 1. The Hall–Kier alpha value is -2.46. The summed E-state index contributed by atoms with van der Waals surface area (Å²) in [5.41, 5.74) is 4.41. The number of hydrogen-bond donors (Lipinski definition) is 1. The molecule has 0 aliphatic rings. The quantitative estimate of drug-likeness (QED) is 0.784. The fourth-order valence-electron chi connectivity index (χ4n) is 2.47. The van der Waals surface area contributed by atoms with Crippen LogP contribution in [0.15, 0.2) is 48.8 Å². The SMILES string of the molecule is COc1nc2ccc(C)cc2cc1CNCc1cccnc1. The van der Waals surface area contributed by atoms with Crippen LogP contribution >= 0.6 is 0 Å². The Labute approximate surface area is 130 Å². The van der Waals surface area contributed by atoms with Crippen LogP contribution in [-0.4, -0.2) is 17.1 Å². The fraction of sp³-hybridized carbons (Fsp3) is 0.222. The number of rotatable bonds is 5. The van der Waals surface area contributed by atoms with Gasteiger partial charge in [0, 0.05) is 36.4 Å². The molecule has 112 valence electrons. The van der Waals surface area contributed by atoms with Gasteiger partial charge in [-0.2, -0.15) is 0 Å². The predicted octanol–water partition coefficient (Wildman–Crippen LogP) is 3.24. The summed E-state index contributed by atoms with van der Waals surface area (Å²) < 4.78 is 5.42. The van der Waals surface area contributed by atoms with Gasteiger partial charge in [0.05, 0.1) is 12.6 Å². The molecule has 0 spiro atoms. The molecule has 0 unspecified atom stereocenters. The maximum atomic E-state index is 5.42. The van der Waals surface area contributed by atoms with Crippen LogP contribution in [0.5, 0.6) is 5.88 Å². The van der Waals surface area contributed by atoms with Crippen LogP contribution < -0.4 is 10.1 Å². The summed E-state index contributed by atoms with van der Waals surface area (Å²) in [6, 6.07) is 12.4. The van der Waals surface area contributed by atoms with Gasteiger partial charge in [0.25, 0.3) is 0 Å². The van der Waals surface area contributed by atoms with E-state index >= 15 is 0 Å². The Kier molecular flexibility index (Phi) is 4.30. The lowest BCUT2D eigenvalue weighted by atomic mass is 10.1. The van der Waals surface area contributed by atoms with Gasteiger partial charge in [-0.25, -0.2) is 4.98 Å². The van der Waals surface area contributed by atoms with Gasteiger partial charge in [-0.15, -0.1) is 0 Å². The zero-order valence-electron chi connectivity index (χ0n) is 12.8. The lowest BCUT2D eigenvalue weighted by Gasteiger charge is -2.11. The highest BCUT2D eigenvalue weighted by Crippen LogP contribution is 2.23. The lowest BCUT2D eigenvalue weighted by Crippen LogP contribution is -2.14. The fourth-order valence-corrected chi connectivity index (χ4v) is 2.47. The molecule has 3 rings (SSSR count). The van der Waals surface area contributed by atoms with Crippen molar-refractivity contribution in [1.82, 2.24) is 15.3 Å². The number of aromatic nitrogens is 2. The Morgan fingerprint density at radius 1 is 1.14 bits per heavy atom. The van der Waals surface area contributed by atoms with Crippen molar-refractivity contribution in [2.45, 2.75) is 20.0 Å². The molecule has 3 aromatic rings. The third-order valence-electron chi connectivity index (χ3n) is 3.57. The monoisotopic (exact) mass is 293 g/mol. The average molecular weight is 293 g/mol. The van der Waals surface area contributed by atoms with Crippen LogP contribution in [0, 0.1) is 6.92 Å². The molecule has 0 saturated heterocycles. The largest absolute Gasteiger partial charge is 0.481 e. The molecule has 0 aliphatic heterocycles. The predicted molar refractivity (Wildman–Crippen MR) is 87.8 cm³/mol. The van der Waals surface area contributed by atoms with Crippen molar-refractivity contribution in [1.29, 1.82) is 0 Å². The Morgan fingerprint density at radius 2 is 2.05 bits per heavy atom. The van der Waals surface area contributed by atoms with Gasteiger partial charge in [0.15, 0.2) is 0 Å². The van der Waals surface area contributed by atoms with Crippen molar-refractivity contribution >= 4 is 10.9 Å². The number of benzene rings is 1. The number of methoxy groups -OCH3 is 1. The van der Waals surface area contributed by atoms with Gasteiger partial charge in [-0.1, -0.05) is 17.7 Å². The van der Waals surface area contributed by atoms with E-state index in [1.807, 2.05) is 18.3 Å². The summed E-state index contributed by atoms with van der Waals surface area (Å²) >= 11 is 0. The molecule has 0 bridgehead atoms. The average Bonchev–Trinajstić information content (AvgIpc) is 2.55. The van der Waals surface area contributed by atoms with E-state index in [0.717, 1.165) is 28.6 Å². The molecule has 0 amide bonds. The molecule has 2 heterocycles. The van der Waals surface area contributed by atoms with Crippen molar-refractivity contribution in [2.75, 3.05) is 7.11 Å². The van der Waals surface area contributed by atoms with Gasteiger partial charge in [-0.05, 0) is 36.8 Å². The van der Waals surface area contributed by atoms with E-state index in [4.69, 9.17) is 4.74 Å². The zero-order valence-corrected chi connectivity index (χ0v) is 12.8. The third-order valence-corrected chi connectivity index (χ3v) is 3.57. The van der Waals surface area contributed by atoms with Crippen molar-refractivity contribution < 1.29 is 4.74 Å². The number of nitrogens with zero attached hydrogens (tertiary/aromatic N) is 2. The second-order valence-corrected chi connectivity index (χ2v) is 5.32. The highest BCUT2D eigenvalue weighted by atomic mass is 16.5. The normalized spacial score (nSPS) is 10.8. The number of hydrogen-bond acceptors (Lipinski definition) is 4. The molecule has 0 atom stereocenters. The van der Waals surface area contributed by atoms with E-state index in [1.165, 1.54) is 5.56 Å². The summed E-state index contributed by atoms with van der Waals surface area (Å²) in [5.74, 6) is 0.676. The van der Waals surface area contributed by atoms with Gasteiger partial charge >= 0.3 is 0 Å². The summed E-state index contributed by atoms with van der Waals surface area (Å²) in [4.78, 5) is 8.70. The summed E-state index contributed by atoms with van der Waals surface area (Å²) in [5, 5.41) is 4.55. The summed E-state index contributed by atoms with van der Waals surface area (Å²) in [6.07, 6.45) is 3.65. The van der Waals surface area contributed by atoms with Crippen LogP contribution in [0.4, 0.5) is 0 Å². The number of fused-ring (bicyclic) bond motifs is 1. The van der Waals surface area contributed by atoms with Crippen LogP contribution in [0.25, 0.3) is 10.9 Å². The molecule has 0 radical (unpaired) electrons. The third kappa shape index (κ3) is 3.23. The molecule has 1 N–H and O–H groups in total. The van der Waals surface area contributed by atoms with E-state index in [2.05, 4.69) is 46.5 Å². The smallest absolute Gasteiger partial charge is 0.218 e. The minimum absolute atomic E-state index is 0.676. The van der Waals surface area contributed by atoms with E-state index in [0.29, 0.717) is 12.4 Å². The highest BCUT2D eigenvalue weighted by molar-refractivity contribution is 5.80. The topological polar surface area (TPSA) is 47.0 Å². The Balaban J connectivity index is 1.79. The molecule has 4 nitrogen and oxygen atoms in total. The molecule has 0 saturated carbocycles. The minimum Gasteiger partial charge on any atom is -0.481 e. The minimum atomic E-state index is 0.676. The molecular weight excluding hydrogens is 274 g/mol. The first-order chi connectivity index (χ1) is 10.8. The van der Waals surface area contributed by atoms with Gasteiger partial charge in [0.1, 0.15) is 0 Å².